The van der Waals surface area contributed by atoms with Crippen LogP contribution in [0.15, 0.2) is 0 Å². The summed E-state index contributed by atoms with van der Waals surface area (Å²) in [5.74, 6) is 1.40. The molecule has 1 N–H and O–H groups in total. The van der Waals surface area contributed by atoms with E-state index in [2.05, 4.69) is 51.8 Å². The van der Waals surface area contributed by atoms with Crippen molar-refractivity contribution < 1.29 is 4.74 Å². The third-order valence-electron chi connectivity index (χ3n) is 4.62. The summed E-state index contributed by atoms with van der Waals surface area (Å²) in [5, 5.41) is 3.72. The molecule has 3 nitrogen and oxygen atoms in total. The van der Waals surface area contributed by atoms with Crippen molar-refractivity contribution in [3.8, 4) is 0 Å². The second-order valence-corrected chi connectivity index (χ2v) is 7.28. The lowest BCUT2D eigenvalue weighted by atomic mass is 9.93. The first-order valence-corrected chi connectivity index (χ1v) is 7.79. The zero-order valence-corrected chi connectivity index (χ0v) is 14.0. The summed E-state index contributed by atoms with van der Waals surface area (Å²) in [7, 11) is 1.81. The van der Waals surface area contributed by atoms with Crippen LogP contribution in [0.25, 0.3) is 0 Å². The highest BCUT2D eigenvalue weighted by molar-refractivity contribution is 4.89. The normalized spacial score (nSPS) is 26.4. The van der Waals surface area contributed by atoms with Crippen LogP contribution in [-0.2, 0) is 4.74 Å². The fourth-order valence-corrected chi connectivity index (χ4v) is 2.73. The lowest BCUT2D eigenvalue weighted by Gasteiger charge is -2.44. The predicted molar refractivity (Wildman–Crippen MR) is 82.5 cm³/mol. The van der Waals surface area contributed by atoms with Crippen LogP contribution in [0.2, 0.25) is 0 Å². The van der Waals surface area contributed by atoms with Gasteiger partial charge in [-0.05, 0) is 32.1 Å². The molecule has 1 saturated heterocycles. The third kappa shape index (κ3) is 5.05. The maximum atomic E-state index is 5.56. The Hall–Kier alpha value is -0.120. The van der Waals surface area contributed by atoms with Crippen LogP contribution in [0.3, 0.4) is 0 Å². The molecule has 0 bridgehead atoms. The van der Waals surface area contributed by atoms with E-state index in [0.717, 1.165) is 19.5 Å². The van der Waals surface area contributed by atoms with Gasteiger partial charge in [-0.1, -0.05) is 27.7 Å². The minimum atomic E-state index is -0.0142. The molecule has 3 heteroatoms. The smallest absolute Gasteiger partial charge is 0.0634 e. The van der Waals surface area contributed by atoms with E-state index in [9.17, 15) is 0 Å². The maximum Gasteiger partial charge on any atom is 0.0634 e. The minimum Gasteiger partial charge on any atom is -0.379 e. The van der Waals surface area contributed by atoms with Gasteiger partial charge in [0.15, 0.2) is 0 Å². The largest absolute Gasteiger partial charge is 0.379 e. The van der Waals surface area contributed by atoms with Gasteiger partial charge in [0.05, 0.1) is 5.60 Å². The summed E-state index contributed by atoms with van der Waals surface area (Å²) in [6, 6.07) is 1.28. The van der Waals surface area contributed by atoms with Crippen LogP contribution in [0.1, 0.15) is 48.0 Å². The van der Waals surface area contributed by atoms with Crippen molar-refractivity contribution in [2.24, 2.45) is 11.8 Å². The van der Waals surface area contributed by atoms with Gasteiger partial charge in [-0.25, -0.2) is 0 Å². The van der Waals surface area contributed by atoms with E-state index >= 15 is 0 Å². The fraction of sp³-hybridized carbons (Fsp3) is 1.00. The molecule has 0 aromatic carbocycles. The molecule has 1 heterocycles. The van der Waals surface area contributed by atoms with E-state index in [1.807, 2.05) is 7.11 Å². The molecule has 0 aromatic rings. The van der Waals surface area contributed by atoms with E-state index in [-0.39, 0.29) is 5.60 Å². The van der Waals surface area contributed by atoms with Crippen molar-refractivity contribution >= 4 is 0 Å². The summed E-state index contributed by atoms with van der Waals surface area (Å²) in [6.07, 6.45) is 1.09. The average Bonchev–Trinajstić information content (AvgIpc) is 2.35. The van der Waals surface area contributed by atoms with Gasteiger partial charge in [0.25, 0.3) is 0 Å². The summed E-state index contributed by atoms with van der Waals surface area (Å²) in [6.45, 7) is 17.1. The molecule has 0 saturated carbocycles. The monoisotopic (exact) mass is 270 g/mol. The maximum absolute atomic E-state index is 5.56. The Labute approximate surface area is 120 Å². The Bertz CT molecular complexity index is 263. The fourth-order valence-electron chi connectivity index (χ4n) is 2.73. The highest BCUT2D eigenvalue weighted by Crippen LogP contribution is 2.21. The Morgan fingerprint density at radius 1 is 1.21 bits per heavy atom. The van der Waals surface area contributed by atoms with Crippen molar-refractivity contribution in [1.29, 1.82) is 0 Å². The highest BCUT2D eigenvalue weighted by atomic mass is 16.5. The van der Waals surface area contributed by atoms with Gasteiger partial charge in [-0.15, -0.1) is 0 Å². The first-order chi connectivity index (χ1) is 8.76. The molecular weight excluding hydrogens is 236 g/mol. The Morgan fingerprint density at radius 3 is 2.32 bits per heavy atom. The van der Waals surface area contributed by atoms with Crippen LogP contribution in [0.5, 0.6) is 0 Å². The number of rotatable bonds is 6. The van der Waals surface area contributed by atoms with Gasteiger partial charge in [0, 0.05) is 38.8 Å². The van der Waals surface area contributed by atoms with E-state index in [1.165, 1.54) is 6.54 Å². The third-order valence-corrected chi connectivity index (χ3v) is 4.62. The standard InChI is InChI=1S/C16H34N2O/c1-12(2)14-11-18(9-8-16(5,6)19-7)15(10-17-14)13(3)4/h12-15,17H,8-11H2,1-7H3. The zero-order valence-electron chi connectivity index (χ0n) is 14.0. The van der Waals surface area contributed by atoms with Crippen LogP contribution >= 0.6 is 0 Å². The van der Waals surface area contributed by atoms with Gasteiger partial charge in [-0.3, -0.25) is 4.90 Å². The predicted octanol–water partition coefficient (Wildman–Crippen LogP) is 2.76. The SMILES string of the molecule is COC(C)(C)CCN1CC(C(C)C)NCC1C(C)C. The number of ether oxygens (including phenoxy) is 1. The first-order valence-electron chi connectivity index (χ1n) is 7.79. The van der Waals surface area contributed by atoms with Gasteiger partial charge >= 0.3 is 0 Å². The molecular formula is C16H34N2O. The molecule has 0 amide bonds. The molecule has 2 atom stereocenters. The molecule has 0 aliphatic carbocycles. The topological polar surface area (TPSA) is 24.5 Å². The zero-order chi connectivity index (χ0) is 14.6. The van der Waals surface area contributed by atoms with Crippen molar-refractivity contribution in [1.82, 2.24) is 10.2 Å². The van der Waals surface area contributed by atoms with E-state index in [1.54, 1.807) is 0 Å². The van der Waals surface area contributed by atoms with E-state index < -0.39 is 0 Å². The van der Waals surface area contributed by atoms with Gasteiger partial charge < -0.3 is 10.1 Å². The lowest BCUT2D eigenvalue weighted by Crippen LogP contribution is -2.60. The van der Waals surface area contributed by atoms with Gasteiger partial charge in [-0.2, -0.15) is 0 Å². The summed E-state index contributed by atoms with van der Waals surface area (Å²) in [5.41, 5.74) is -0.0142. The molecule has 0 spiro atoms. The van der Waals surface area contributed by atoms with Crippen molar-refractivity contribution in [3.05, 3.63) is 0 Å². The first kappa shape index (κ1) is 16.9. The summed E-state index contributed by atoms with van der Waals surface area (Å²) >= 11 is 0. The van der Waals surface area contributed by atoms with Crippen molar-refractivity contribution in [2.45, 2.75) is 65.6 Å². The van der Waals surface area contributed by atoms with Crippen LogP contribution in [-0.4, -0.2) is 49.3 Å². The Kier molecular flexibility index (Phi) is 6.28. The molecule has 1 aliphatic heterocycles. The molecule has 1 aliphatic rings. The summed E-state index contributed by atoms with van der Waals surface area (Å²) < 4.78 is 5.56. The number of hydrogen-bond acceptors (Lipinski definition) is 3. The lowest BCUT2D eigenvalue weighted by molar-refractivity contribution is -0.00530. The number of nitrogens with one attached hydrogen (secondary N) is 1. The second kappa shape index (κ2) is 7.05. The number of piperazine rings is 1. The van der Waals surface area contributed by atoms with Gasteiger partial charge in [0.2, 0.25) is 0 Å². The Morgan fingerprint density at radius 2 is 1.84 bits per heavy atom. The molecule has 19 heavy (non-hydrogen) atoms. The minimum absolute atomic E-state index is 0.0142. The van der Waals surface area contributed by atoms with Crippen LogP contribution in [0, 0.1) is 11.8 Å². The molecule has 114 valence electrons. The molecule has 0 radical (unpaired) electrons. The number of hydrogen-bond donors (Lipinski definition) is 1. The highest BCUT2D eigenvalue weighted by Gasteiger charge is 2.31. The second-order valence-electron chi connectivity index (χ2n) is 7.28. The van der Waals surface area contributed by atoms with E-state index in [4.69, 9.17) is 4.74 Å². The van der Waals surface area contributed by atoms with Crippen LogP contribution < -0.4 is 5.32 Å². The average molecular weight is 270 g/mol. The Balaban J connectivity index is 2.62. The van der Waals surface area contributed by atoms with Crippen LogP contribution in [0.4, 0.5) is 0 Å². The number of methoxy groups -OCH3 is 1. The van der Waals surface area contributed by atoms with Gasteiger partial charge in [0.1, 0.15) is 0 Å². The molecule has 1 rings (SSSR count). The quantitative estimate of drug-likeness (QED) is 0.803. The van der Waals surface area contributed by atoms with Crippen molar-refractivity contribution in [3.63, 3.8) is 0 Å². The van der Waals surface area contributed by atoms with E-state index in [0.29, 0.717) is 23.9 Å². The molecule has 0 aromatic heterocycles. The number of nitrogens with zero attached hydrogens (tertiary/aromatic N) is 1. The molecule has 2 unspecified atom stereocenters. The molecule has 1 fully saturated rings. The summed E-state index contributed by atoms with van der Waals surface area (Å²) in [4.78, 5) is 2.67. The van der Waals surface area contributed by atoms with Crippen molar-refractivity contribution in [2.75, 3.05) is 26.7 Å².